The smallest absolute Gasteiger partial charge is 0.251 e. The number of hydrogen-bond donors (Lipinski definition) is 4. The molecule has 1 fully saturated rings. The second-order valence-corrected chi connectivity index (χ2v) is 10.3. The number of pyridine rings is 1. The summed E-state index contributed by atoms with van der Waals surface area (Å²) < 4.78 is 14.3. The zero-order valence-corrected chi connectivity index (χ0v) is 20.2. The Balaban J connectivity index is 1.30. The monoisotopic (exact) mass is 514 g/mol. The van der Waals surface area contributed by atoms with E-state index in [9.17, 15) is 9.18 Å². The number of nitrogens with zero attached hydrogens (tertiary/aromatic N) is 4. The van der Waals surface area contributed by atoms with Crippen molar-refractivity contribution in [3.05, 3.63) is 58.1 Å². The number of hydrogen-bond acceptors (Lipinski definition) is 9. The minimum atomic E-state index is -0.791. The maximum Gasteiger partial charge on any atom is 0.251 e. The molecule has 1 amide bonds. The van der Waals surface area contributed by atoms with Crippen LogP contribution in [0.3, 0.4) is 0 Å². The summed E-state index contributed by atoms with van der Waals surface area (Å²) in [5.74, 6) is -0.187. The second-order valence-electron chi connectivity index (χ2n) is 8.93. The highest BCUT2D eigenvalue weighted by molar-refractivity contribution is 7.99. The largest absolute Gasteiger partial charge is 0.382 e. The number of benzene rings is 1. The van der Waals surface area contributed by atoms with Gasteiger partial charge in [0.15, 0.2) is 5.82 Å². The third-order valence-corrected chi connectivity index (χ3v) is 8.53. The molecule has 0 bridgehead atoms. The molecule has 1 saturated heterocycles. The van der Waals surface area contributed by atoms with Gasteiger partial charge >= 0.3 is 0 Å². The van der Waals surface area contributed by atoms with Gasteiger partial charge in [0.05, 0.1) is 16.8 Å². The molecular weight excluding hydrogens is 491 g/mol. The number of fused-ring (bicyclic) bond motifs is 1. The molecule has 3 aromatic rings. The molecule has 1 atom stereocenters. The molecule has 35 heavy (non-hydrogen) atoms. The van der Waals surface area contributed by atoms with Gasteiger partial charge in [-0.15, -0.1) is 0 Å². The third kappa shape index (κ3) is 4.13. The van der Waals surface area contributed by atoms with Gasteiger partial charge in [0.2, 0.25) is 0 Å². The van der Waals surface area contributed by atoms with Crippen molar-refractivity contribution in [1.29, 1.82) is 0 Å². The molecule has 182 valence electrons. The molecule has 0 saturated carbocycles. The predicted octanol–water partition coefficient (Wildman–Crippen LogP) is 2.92. The van der Waals surface area contributed by atoms with Crippen LogP contribution in [0.2, 0.25) is 5.02 Å². The molecule has 9 nitrogen and oxygen atoms in total. The average molecular weight is 515 g/mol. The third-order valence-electron chi connectivity index (χ3n) is 6.95. The molecule has 3 heterocycles. The molecule has 2 aliphatic rings. The van der Waals surface area contributed by atoms with E-state index in [0.29, 0.717) is 46.1 Å². The van der Waals surface area contributed by atoms with Crippen LogP contribution in [-0.4, -0.2) is 33.9 Å². The summed E-state index contributed by atoms with van der Waals surface area (Å²) in [4.78, 5) is 27.4. The second kappa shape index (κ2) is 8.81. The Hall–Kier alpha value is -3.15. The van der Waals surface area contributed by atoms with Gasteiger partial charge in [0.25, 0.3) is 5.91 Å². The van der Waals surface area contributed by atoms with Gasteiger partial charge in [-0.25, -0.2) is 19.3 Å². The Morgan fingerprint density at radius 1 is 1.20 bits per heavy atom. The number of halogens is 2. The number of piperidine rings is 1. The van der Waals surface area contributed by atoms with Crippen LogP contribution >= 0.6 is 23.4 Å². The van der Waals surface area contributed by atoms with E-state index in [-0.39, 0.29) is 22.8 Å². The normalized spacial score (nSPS) is 18.6. The first kappa shape index (κ1) is 23.6. The lowest BCUT2D eigenvalue weighted by Crippen LogP contribution is -2.44. The number of amides is 1. The van der Waals surface area contributed by atoms with Gasteiger partial charge in [0.1, 0.15) is 22.5 Å². The number of nitrogen functional groups attached to an aromatic ring is 2. The van der Waals surface area contributed by atoms with Gasteiger partial charge in [0, 0.05) is 30.2 Å². The van der Waals surface area contributed by atoms with E-state index in [1.54, 1.807) is 18.5 Å². The summed E-state index contributed by atoms with van der Waals surface area (Å²) in [6, 6.07) is 4.36. The Bertz CT molecular complexity index is 1330. The predicted molar refractivity (Wildman–Crippen MR) is 134 cm³/mol. The van der Waals surface area contributed by atoms with Crippen molar-refractivity contribution in [1.82, 2.24) is 15.0 Å². The molecule has 0 unspecified atom stereocenters. The van der Waals surface area contributed by atoms with E-state index >= 15 is 0 Å². The fourth-order valence-electron chi connectivity index (χ4n) is 4.99. The van der Waals surface area contributed by atoms with Crippen molar-refractivity contribution in [2.75, 3.05) is 29.5 Å². The van der Waals surface area contributed by atoms with E-state index < -0.39 is 11.7 Å². The van der Waals surface area contributed by atoms with Crippen LogP contribution in [0.15, 0.2) is 40.5 Å². The van der Waals surface area contributed by atoms with E-state index in [0.717, 1.165) is 24.0 Å². The number of rotatable bonds is 4. The van der Waals surface area contributed by atoms with Crippen LogP contribution in [0.1, 0.15) is 40.4 Å². The van der Waals surface area contributed by atoms with Gasteiger partial charge in [-0.1, -0.05) is 23.4 Å². The van der Waals surface area contributed by atoms with Gasteiger partial charge < -0.3 is 27.8 Å². The lowest BCUT2D eigenvalue weighted by molar-refractivity contribution is 0.0996. The molecule has 1 aliphatic carbocycles. The number of anilines is 3. The highest BCUT2D eigenvalue weighted by atomic mass is 35.5. The Morgan fingerprint density at radius 2 is 1.94 bits per heavy atom. The van der Waals surface area contributed by atoms with E-state index in [2.05, 4.69) is 19.9 Å². The fraction of sp³-hybridized carbons (Fsp3) is 0.304. The van der Waals surface area contributed by atoms with Gasteiger partial charge in [-0.2, -0.15) is 0 Å². The SMILES string of the molecule is NC(=O)c1cc2c(cc1F)CC1(CCN(c3cnc(Sc4ccnc(N)c4Cl)c(N)n3)CC1)[C@@H]2N. The lowest BCUT2D eigenvalue weighted by atomic mass is 9.73. The Labute approximate surface area is 210 Å². The summed E-state index contributed by atoms with van der Waals surface area (Å²) in [6.07, 6.45) is 5.47. The number of primary amides is 1. The zero-order valence-electron chi connectivity index (χ0n) is 18.7. The topological polar surface area (TPSA) is 163 Å². The molecule has 8 N–H and O–H groups in total. The molecule has 0 radical (unpaired) electrons. The maximum absolute atomic E-state index is 14.3. The molecule has 1 aliphatic heterocycles. The van der Waals surface area contributed by atoms with E-state index in [1.165, 1.54) is 23.9 Å². The molecule has 1 aromatic carbocycles. The van der Waals surface area contributed by atoms with Crippen LogP contribution in [0, 0.1) is 11.2 Å². The maximum atomic E-state index is 14.3. The van der Waals surface area contributed by atoms with Gasteiger partial charge in [-0.3, -0.25) is 4.79 Å². The first-order chi connectivity index (χ1) is 16.7. The first-order valence-electron chi connectivity index (χ1n) is 11.0. The quantitative estimate of drug-likeness (QED) is 0.409. The van der Waals surface area contributed by atoms with Crippen molar-refractivity contribution in [3.63, 3.8) is 0 Å². The minimum absolute atomic E-state index is 0.117. The van der Waals surface area contributed by atoms with Crippen LogP contribution < -0.4 is 27.8 Å². The van der Waals surface area contributed by atoms with Crippen LogP contribution in [0.25, 0.3) is 0 Å². The summed E-state index contributed by atoms with van der Waals surface area (Å²) in [5.41, 5.74) is 25.2. The standard InChI is InChI=1S/C23H24ClFN8OS/c24-17-15(1-4-30-19(17)27)35-22-20(28)32-16(10-31-22)33-5-2-23(3-6-33)9-11-7-14(25)13(21(29)34)8-12(11)18(23)26/h1,4,7-8,10,18H,2-3,5-6,9,26H2,(H2,27,30)(H2,28,32)(H2,29,34)/t18-/m1/s1. The molecule has 2 aromatic heterocycles. The lowest BCUT2D eigenvalue weighted by Gasteiger charge is -2.42. The van der Waals surface area contributed by atoms with Crippen molar-refractivity contribution < 1.29 is 9.18 Å². The van der Waals surface area contributed by atoms with E-state index in [1.807, 2.05) is 0 Å². The molecular formula is C23H24ClFN8OS. The van der Waals surface area contributed by atoms with E-state index in [4.69, 9.17) is 34.5 Å². The van der Waals surface area contributed by atoms with Crippen molar-refractivity contribution in [2.45, 2.75) is 35.2 Å². The van der Waals surface area contributed by atoms with Crippen LogP contribution in [0.4, 0.5) is 21.8 Å². The molecule has 5 rings (SSSR count). The molecule has 1 spiro atoms. The first-order valence-corrected chi connectivity index (χ1v) is 12.2. The Kier molecular flexibility index (Phi) is 5.94. The summed E-state index contributed by atoms with van der Waals surface area (Å²) >= 11 is 7.50. The minimum Gasteiger partial charge on any atom is -0.382 e. The highest BCUT2D eigenvalue weighted by Gasteiger charge is 2.46. The average Bonchev–Trinajstić information content (AvgIpc) is 3.08. The summed E-state index contributed by atoms with van der Waals surface area (Å²) in [5, 5.41) is 0.871. The Morgan fingerprint density at radius 3 is 2.63 bits per heavy atom. The fourth-order valence-corrected chi connectivity index (χ4v) is 6.00. The summed E-state index contributed by atoms with van der Waals surface area (Å²) in [6.45, 7) is 1.39. The summed E-state index contributed by atoms with van der Waals surface area (Å²) in [7, 11) is 0. The number of nitrogens with two attached hydrogens (primary N) is 4. The zero-order chi connectivity index (χ0) is 24.9. The van der Waals surface area contributed by atoms with Crippen LogP contribution in [-0.2, 0) is 6.42 Å². The van der Waals surface area contributed by atoms with Crippen molar-refractivity contribution >= 4 is 46.7 Å². The number of carbonyl (C=O) groups excluding carboxylic acids is 1. The number of aromatic nitrogens is 3. The highest BCUT2D eigenvalue weighted by Crippen LogP contribution is 2.51. The van der Waals surface area contributed by atoms with Crippen LogP contribution in [0.5, 0.6) is 0 Å². The van der Waals surface area contributed by atoms with Gasteiger partial charge in [-0.05, 0) is 54.0 Å². The van der Waals surface area contributed by atoms with Crippen molar-refractivity contribution in [2.24, 2.45) is 16.9 Å². The van der Waals surface area contributed by atoms with Crippen molar-refractivity contribution in [3.8, 4) is 0 Å². The molecule has 12 heteroatoms. The number of carbonyl (C=O) groups is 1.